The molecule has 1 heterocycles. The highest BCUT2D eigenvalue weighted by Crippen LogP contribution is 2.20. The van der Waals surface area contributed by atoms with Gasteiger partial charge in [-0.3, -0.25) is 4.79 Å². The fourth-order valence-corrected chi connectivity index (χ4v) is 2.31. The summed E-state index contributed by atoms with van der Waals surface area (Å²) in [6.45, 7) is 1.40. The van der Waals surface area contributed by atoms with Crippen LogP contribution in [0.5, 0.6) is 0 Å². The van der Waals surface area contributed by atoms with Gasteiger partial charge in [-0.15, -0.1) is 0 Å². The summed E-state index contributed by atoms with van der Waals surface area (Å²) in [5.74, 6) is 1.60. The first-order valence-electron chi connectivity index (χ1n) is 7.93. The van der Waals surface area contributed by atoms with Crippen LogP contribution in [0.2, 0.25) is 0 Å². The number of aryl methyl sites for hydroxylation is 1. The SMILES string of the molecule is COCCCN(C)C(=O)CCCc1ncc(-c2ccccc2)o1. The molecule has 0 aliphatic heterocycles. The quantitative estimate of drug-likeness (QED) is 0.667. The Morgan fingerprint density at radius 2 is 2.04 bits per heavy atom. The molecule has 0 spiro atoms. The zero-order valence-corrected chi connectivity index (χ0v) is 13.8. The second-order valence-corrected chi connectivity index (χ2v) is 5.50. The van der Waals surface area contributed by atoms with Gasteiger partial charge in [0.15, 0.2) is 11.7 Å². The number of benzene rings is 1. The lowest BCUT2D eigenvalue weighted by atomic mass is 10.2. The van der Waals surface area contributed by atoms with Crippen LogP contribution in [0.25, 0.3) is 11.3 Å². The number of nitrogens with zero attached hydrogens (tertiary/aromatic N) is 2. The number of ether oxygens (including phenoxy) is 1. The van der Waals surface area contributed by atoms with Crippen molar-refractivity contribution in [2.45, 2.75) is 25.7 Å². The normalized spacial score (nSPS) is 10.7. The lowest BCUT2D eigenvalue weighted by Gasteiger charge is -2.16. The molecule has 0 saturated heterocycles. The van der Waals surface area contributed by atoms with E-state index in [4.69, 9.17) is 9.15 Å². The Hall–Kier alpha value is -2.14. The van der Waals surface area contributed by atoms with Crippen LogP contribution in [0, 0.1) is 0 Å². The zero-order chi connectivity index (χ0) is 16.5. The molecule has 23 heavy (non-hydrogen) atoms. The first kappa shape index (κ1) is 17.2. The molecule has 0 bridgehead atoms. The van der Waals surface area contributed by atoms with Gasteiger partial charge in [0.25, 0.3) is 0 Å². The summed E-state index contributed by atoms with van der Waals surface area (Å²) in [6.07, 6.45) is 4.52. The van der Waals surface area contributed by atoms with Crippen LogP contribution in [-0.4, -0.2) is 43.1 Å². The molecule has 0 atom stereocenters. The maximum atomic E-state index is 12.0. The third-order valence-corrected chi connectivity index (χ3v) is 3.66. The molecule has 1 aromatic carbocycles. The monoisotopic (exact) mass is 316 g/mol. The van der Waals surface area contributed by atoms with Crippen LogP contribution < -0.4 is 0 Å². The van der Waals surface area contributed by atoms with E-state index in [0.29, 0.717) is 25.3 Å². The molecule has 0 saturated carbocycles. The van der Waals surface area contributed by atoms with E-state index in [2.05, 4.69) is 4.98 Å². The summed E-state index contributed by atoms with van der Waals surface area (Å²) in [5, 5.41) is 0. The largest absolute Gasteiger partial charge is 0.441 e. The molecule has 0 N–H and O–H groups in total. The highest BCUT2D eigenvalue weighted by atomic mass is 16.5. The van der Waals surface area contributed by atoms with Crippen molar-refractivity contribution in [2.24, 2.45) is 0 Å². The summed E-state index contributed by atoms with van der Waals surface area (Å²) in [6, 6.07) is 9.88. The average Bonchev–Trinajstić information content (AvgIpc) is 3.04. The molecule has 124 valence electrons. The minimum Gasteiger partial charge on any atom is -0.441 e. The molecule has 0 fully saturated rings. The van der Waals surface area contributed by atoms with Crippen LogP contribution in [0.4, 0.5) is 0 Å². The third kappa shape index (κ3) is 5.53. The average molecular weight is 316 g/mol. The molecule has 2 aromatic rings. The number of aromatic nitrogens is 1. The summed E-state index contributed by atoms with van der Waals surface area (Å²) < 4.78 is 10.7. The molecule has 1 aromatic heterocycles. The summed E-state index contributed by atoms with van der Waals surface area (Å²) >= 11 is 0. The highest BCUT2D eigenvalue weighted by molar-refractivity contribution is 5.75. The van der Waals surface area contributed by atoms with Gasteiger partial charge in [0.2, 0.25) is 5.91 Å². The summed E-state index contributed by atoms with van der Waals surface area (Å²) in [5.41, 5.74) is 1.01. The minimum absolute atomic E-state index is 0.149. The third-order valence-electron chi connectivity index (χ3n) is 3.66. The van der Waals surface area contributed by atoms with E-state index < -0.39 is 0 Å². The van der Waals surface area contributed by atoms with Crippen molar-refractivity contribution in [3.63, 3.8) is 0 Å². The molecular formula is C18H24N2O3. The zero-order valence-electron chi connectivity index (χ0n) is 13.8. The van der Waals surface area contributed by atoms with Gasteiger partial charge in [-0.1, -0.05) is 30.3 Å². The number of carbonyl (C=O) groups excluding carboxylic acids is 1. The maximum Gasteiger partial charge on any atom is 0.222 e. The molecule has 0 unspecified atom stereocenters. The minimum atomic E-state index is 0.149. The fourth-order valence-electron chi connectivity index (χ4n) is 2.31. The van der Waals surface area contributed by atoms with Crippen molar-refractivity contribution < 1.29 is 13.9 Å². The van der Waals surface area contributed by atoms with E-state index >= 15 is 0 Å². The van der Waals surface area contributed by atoms with Crippen molar-refractivity contribution in [2.75, 3.05) is 27.3 Å². The topological polar surface area (TPSA) is 55.6 Å². The Labute approximate surface area is 137 Å². The van der Waals surface area contributed by atoms with Crippen molar-refractivity contribution in [3.8, 4) is 11.3 Å². The lowest BCUT2D eigenvalue weighted by Crippen LogP contribution is -2.28. The number of oxazole rings is 1. The van der Waals surface area contributed by atoms with Gasteiger partial charge < -0.3 is 14.1 Å². The Morgan fingerprint density at radius 3 is 2.78 bits per heavy atom. The standard InChI is InChI=1S/C18H24N2O3/c1-20(12-7-13-22-2)18(21)11-6-10-17-19-14-16(23-17)15-8-4-3-5-9-15/h3-5,8-9,14H,6-7,10-13H2,1-2H3. The van der Waals surface area contributed by atoms with E-state index in [9.17, 15) is 4.79 Å². The lowest BCUT2D eigenvalue weighted by molar-refractivity contribution is -0.130. The van der Waals surface area contributed by atoms with Gasteiger partial charge in [0, 0.05) is 45.7 Å². The second-order valence-electron chi connectivity index (χ2n) is 5.50. The van der Waals surface area contributed by atoms with Crippen molar-refractivity contribution >= 4 is 5.91 Å². The van der Waals surface area contributed by atoms with Gasteiger partial charge >= 0.3 is 0 Å². The molecule has 0 aliphatic rings. The predicted octanol–water partition coefficient (Wildman–Crippen LogP) is 3.16. The number of rotatable bonds is 9. The highest BCUT2D eigenvalue weighted by Gasteiger charge is 2.10. The van der Waals surface area contributed by atoms with Gasteiger partial charge in [-0.05, 0) is 12.8 Å². The molecule has 0 radical (unpaired) electrons. The predicted molar refractivity (Wildman–Crippen MR) is 89.0 cm³/mol. The van der Waals surface area contributed by atoms with Gasteiger partial charge in [-0.25, -0.2) is 4.98 Å². The Morgan fingerprint density at radius 1 is 1.26 bits per heavy atom. The summed E-state index contributed by atoms with van der Waals surface area (Å²) in [7, 11) is 3.50. The molecule has 1 amide bonds. The van der Waals surface area contributed by atoms with Crippen molar-refractivity contribution in [1.29, 1.82) is 0 Å². The number of methoxy groups -OCH3 is 1. The van der Waals surface area contributed by atoms with E-state index in [1.165, 1.54) is 0 Å². The van der Waals surface area contributed by atoms with Crippen LogP contribution in [0.3, 0.4) is 0 Å². The molecule has 5 heteroatoms. The number of hydrogen-bond acceptors (Lipinski definition) is 4. The second kappa shape index (κ2) is 9.10. The van der Waals surface area contributed by atoms with Crippen molar-refractivity contribution in [1.82, 2.24) is 9.88 Å². The van der Waals surface area contributed by atoms with Gasteiger partial charge in [0.1, 0.15) is 0 Å². The summed E-state index contributed by atoms with van der Waals surface area (Å²) in [4.78, 5) is 18.0. The fraction of sp³-hybridized carbons (Fsp3) is 0.444. The number of hydrogen-bond donors (Lipinski definition) is 0. The van der Waals surface area contributed by atoms with Crippen LogP contribution in [0.1, 0.15) is 25.2 Å². The Bertz CT molecular complexity index is 595. The van der Waals surface area contributed by atoms with E-state index in [1.54, 1.807) is 18.2 Å². The van der Waals surface area contributed by atoms with Crippen molar-refractivity contribution in [3.05, 3.63) is 42.4 Å². The van der Waals surface area contributed by atoms with E-state index in [1.807, 2.05) is 37.4 Å². The molecular weight excluding hydrogens is 292 g/mol. The number of carbonyl (C=O) groups is 1. The molecule has 2 rings (SSSR count). The first-order chi connectivity index (χ1) is 11.2. The van der Waals surface area contributed by atoms with Crippen LogP contribution >= 0.6 is 0 Å². The Kier molecular flexibility index (Phi) is 6.81. The molecule has 5 nitrogen and oxygen atoms in total. The van der Waals surface area contributed by atoms with E-state index in [0.717, 1.165) is 30.7 Å². The van der Waals surface area contributed by atoms with Gasteiger partial charge in [0.05, 0.1) is 6.20 Å². The van der Waals surface area contributed by atoms with Crippen LogP contribution in [0.15, 0.2) is 40.9 Å². The van der Waals surface area contributed by atoms with Gasteiger partial charge in [-0.2, -0.15) is 0 Å². The first-order valence-corrected chi connectivity index (χ1v) is 7.93. The maximum absolute atomic E-state index is 12.0. The molecule has 0 aliphatic carbocycles. The number of amides is 1. The van der Waals surface area contributed by atoms with E-state index in [-0.39, 0.29) is 5.91 Å². The Balaban J connectivity index is 1.74. The smallest absolute Gasteiger partial charge is 0.222 e. The van der Waals surface area contributed by atoms with Crippen LogP contribution in [-0.2, 0) is 16.0 Å².